The molecule has 0 aliphatic carbocycles. The van der Waals surface area contributed by atoms with E-state index in [4.69, 9.17) is 17.3 Å². The number of fused-ring (bicyclic) bond motifs is 1. The molecule has 0 saturated heterocycles. The zero-order chi connectivity index (χ0) is 14.7. The third-order valence-electron chi connectivity index (χ3n) is 2.97. The summed E-state index contributed by atoms with van der Waals surface area (Å²) in [7, 11) is 0. The van der Waals surface area contributed by atoms with Crippen LogP contribution in [-0.4, -0.2) is 24.5 Å². The number of carbonyl (C=O) groups excluding carboxylic acids is 1. The maximum absolute atomic E-state index is 12.2. The summed E-state index contributed by atoms with van der Waals surface area (Å²) in [6.45, 7) is 2.77. The molecule has 0 bridgehead atoms. The molecule has 1 heterocycles. The molecule has 0 saturated carbocycles. The first-order valence-electron chi connectivity index (χ1n) is 6.28. The Labute approximate surface area is 131 Å². The summed E-state index contributed by atoms with van der Waals surface area (Å²) < 4.78 is 0.942. The van der Waals surface area contributed by atoms with Crippen LogP contribution < -0.4 is 11.1 Å². The highest BCUT2D eigenvalue weighted by atomic mass is 35.5. The van der Waals surface area contributed by atoms with Gasteiger partial charge in [0.25, 0.3) is 5.91 Å². The Hall–Kier alpha value is -0.910. The molecule has 1 aromatic heterocycles. The summed E-state index contributed by atoms with van der Waals surface area (Å²) in [6.07, 6.45) is 2.06. The minimum Gasteiger partial charge on any atom is -0.397 e. The van der Waals surface area contributed by atoms with Gasteiger partial charge < -0.3 is 11.1 Å². The molecule has 0 fully saturated rings. The lowest BCUT2D eigenvalue weighted by molar-refractivity contribution is 0.0954. The average molecular weight is 329 g/mol. The SMILES string of the molecule is CSCC(C)CNC(=O)c1sc2cccc(Cl)c2c1N. The molecule has 0 spiro atoms. The Morgan fingerprint density at radius 3 is 2.95 bits per heavy atom. The first-order valence-corrected chi connectivity index (χ1v) is 8.87. The van der Waals surface area contributed by atoms with Gasteiger partial charge in [-0.1, -0.05) is 24.6 Å². The van der Waals surface area contributed by atoms with E-state index in [1.165, 1.54) is 11.3 Å². The Morgan fingerprint density at radius 1 is 1.55 bits per heavy atom. The zero-order valence-corrected chi connectivity index (χ0v) is 13.8. The summed E-state index contributed by atoms with van der Waals surface area (Å²) in [4.78, 5) is 12.8. The van der Waals surface area contributed by atoms with E-state index >= 15 is 0 Å². The van der Waals surface area contributed by atoms with Gasteiger partial charge in [0.05, 0.1) is 10.7 Å². The molecule has 20 heavy (non-hydrogen) atoms. The number of benzene rings is 1. The van der Waals surface area contributed by atoms with Crippen LogP contribution in [0.4, 0.5) is 5.69 Å². The van der Waals surface area contributed by atoms with Crippen molar-refractivity contribution in [3.63, 3.8) is 0 Å². The second-order valence-corrected chi connectivity index (χ2v) is 7.10. The van der Waals surface area contributed by atoms with Crippen molar-refractivity contribution in [3.8, 4) is 0 Å². The molecular weight excluding hydrogens is 312 g/mol. The highest BCUT2D eigenvalue weighted by Crippen LogP contribution is 2.37. The minimum absolute atomic E-state index is 0.118. The number of nitrogen functional groups attached to an aromatic ring is 1. The lowest BCUT2D eigenvalue weighted by Gasteiger charge is -2.10. The molecule has 2 rings (SSSR count). The first kappa shape index (κ1) is 15.5. The first-order chi connectivity index (χ1) is 9.54. The van der Waals surface area contributed by atoms with E-state index in [9.17, 15) is 4.79 Å². The van der Waals surface area contributed by atoms with Crippen LogP contribution in [0.1, 0.15) is 16.6 Å². The number of anilines is 1. The van der Waals surface area contributed by atoms with Gasteiger partial charge in [0.2, 0.25) is 0 Å². The van der Waals surface area contributed by atoms with Crippen LogP contribution in [0.5, 0.6) is 0 Å². The van der Waals surface area contributed by atoms with Crippen LogP contribution in [0.15, 0.2) is 18.2 Å². The number of thioether (sulfide) groups is 1. The number of halogens is 1. The van der Waals surface area contributed by atoms with E-state index in [-0.39, 0.29) is 5.91 Å². The highest BCUT2D eigenvalue weighted by Gasteiger charge is 2.18. The molecule has 1 aromatic carbocycles. The Kier molecular flexibility index (Phi) is 5.18. The molecule has 2 aromatic rings. The van der Waals surface area contributed by atoms with E-state index in [1.807, 2.05) is 12.1 Å². The molecule has 1 unspecified atom stereocenters. The number of hydrogen-bond acceptors (Lipinski definition) is 4. The predicted molar refractivity (Wildman–Crippen MR) is 91.1 cm³/mol. The Morgan fingerprint density at radius 2 is 2.30 bits per heavy atom. The van der Waals surface area contributed by atoms with Gasteiger partial charge in [-0.3, -0.25) is 4.79 Å². The second-order valence-electron chi connectivity index (χ2n) is 4.73. The van der Waals surface area contributed by atoms with Crippen molar-refractivity contribution in [3.05, 3.63) is 28.1 Å². The summed E-state index contributed by atoms with van der Waals surface area (Å²) in [5, 5.41) is 4.31. The van der Waals surface area contributed by atoms with Crippen LogP contribution >= 0.6 is 34.7 Å². The minimum atomic E-state index is -0.118. The summed E-state index contributed by atoms with van der Waals surface area (Å²) in [5.74, 6) is 1.34. The lowest BCUT2D eigenvalue weighted by atomic mass is 10.2. The number of carbonyl (C=O) groups is 1. The van der Waals surface area contributed by atoms with E-state index in [2.05, 4.69) is 18.5 Å². The van der Waals surface area contributed by atoms with Gasteiger partial charge in [-0.25, -0.2) is 0 Å². The van der Waals surface area contributed by atoms with Crippen molar-refractivity contribution in [2.75, 3.05) is 24.3 Å². The maximum Gasteiger partial charge on any atom is 0.263 e. The van der Waals surface area contributed by atoms with Crippen molar-refractivity contribution in [2.24, 2.45) is 5.92 Å². The molecule has 3 N–H and O–H groups in total. The van der Waals surface area contributed by atoms with Gasteiger partial charge in [-0.15, -0.1) is 11.3 Å². The van der Waals surface area contributed by atoms with Gasteiger partial charge in [0.15, 0.2) is 0 Å². The second kappa shape index (κ2) is 6.70. The number of thiophene rings is 1. The molecule has 6 heteroatoms. The van der Waals surface area contributed by atoms with Gasteiger partial charge in [-0.05, 0) is 30.1 Å². The third kappa shape index (κ3) is 3.22. The van der Waals surface area contributed by atoms with Crippen LogP contribution in [0, 0.1) is 5.92 Å². The van der Waals surface area contributed by atoms with Crippen molar-refractivity contribution in [1.82, 2.24) is 5.32 Å². The molecule has 0 radical (unpaired) electrons. The number of nitrogens with two attached hydrogens (primary N) is 1. The van der Waals surface area contributed by atoms with Crippen LogP contribution in [0.3, 0.4) is 0 Å². The average Bonchev–Trinajstić information content (AvgIpc) is 2.75. The number of amides is 1. The molecular formula is C14H17ClN2OS2. The molecule has 1 amide bonds. The largest absolute Gasteiger partial charge is 0.397 e. The Bertz CT molecular complexity index is 627. The van der Waals surface area contributed by atoms with E-state index in [0.717, 1.165) is 15.8 Å². The van der Waals surface area contributed by atoms with Crippen molar-refractivity contribution >= 4 is 56.4 Å². The van der Waals surface area contributed by atoms with E-state index in [0.29, 0.717) is 28.0 Å². The van der Waals surface area contributed by atoms with E-state index in [1.54, 1.807) is 17.8 Å². The van der Waals surface area contributed by atoms with Crippen molar-refractivity contribution < 1.29 is 4.79 Å². The standard InChI is InChI=1S/C14H17ClN2OS2/c1-8(7-19-2)6-17-14(18)13-12(16)11-9(15)4-3-5-10(11)20-13/h3-5,8H,6-7,16H2,1-2H3,(H,17,18). The summed E-state index contributed by atoms with van der Waals surface area (Å²) >= 11 is 9.30. The quantitative estimate of drug-likeness (QED) is 0.876. The van der Waals surface area contributed by atoms with Gasteiger partial charge >= 0.3 is 0 Å². The number of hydrogen-bond donors (Lipinski definition) is 2. The lowest BCUT2D eigenvalue weighted by Crippen LogP contribution is -2.28. The van der Waals surface area contributed by atoms with Gasteiger partial charge in [0, 0.05) is 16.6 Å². The van der Waals surface area contributed by atoms with Crippen molar-refractivity contribution in [1.29, 1.82) is 0 Å². The fraction of sp³-hybridized carbons (Fsp3) is 0.357. The third-order valence-corrected chi connectivity index (χ3v) is 5.36. The summed E-state index contributed by atoms with van der Waals surface area (Å²) in [5.41, 5.74) is 6.54. The summed E-state index contributed by atoms with van der Waals surface area (Å²) in [6, 6.07) is 5.58. The number of rotatable bonds is 5. The van der Waals surface area contributed by atoms with Gasteiger partial charge in [-0.2, -0.15) is 11.8 Å². The molecule has 3 nitrogen and oxygen atoms in total. The van der Waals surface area contributed by atoms with Crippen molar-refractivity contribution in [2.45, 2.75) is 6.92 Å². The molecule has 108 valence electrons. The highest BCUT2D eigenvalue weighted by molar-refractivity contribution is 7.98. The fourth-order valence-corrected chi connectivity index (χ4v) is 4.07. The smallest absolute Gasteiger partial charge is 0.263 e. The van der Waals surface area contributed by atoms with Crippen LogP contribution in [0.2, 0.25) is 5.02 Å². The molecule has 0 aliphatic rings. The van der Waals surface area contributed by atoms with Crippen LogP contribution in [-0.2, 0) is 0 Å². The number of nitrogens with one attached hydrogen (secondary N) is 1. The topological polar surface area (TPSA) is 55.1 Å². The predicted octanol–water partition coefficient (Wildman–Crippen LogP) is 3.87. The van der Waals surface area contributed by atoms with E-state index < -0.39 is 0 Å². The normalized spacial score (nSPS) is 12.6. The zero-order valence-electron chi connectivity index (χ0n) is 11.4. The Balaban J connectivity index is 2.19. The molecule has 1 atom stereocenters. The maximum atomic E-state index is 12.2. The monoisotopic (exact) mass is 328 g/mol. The fourth-order valence-electron chi connectivity index (χ4n) is 1.99. The van der Waals surface area contributed by atoms with Crippen LogP contribution in [0.25, 0.3) is 10.1 Å². The van der Waals surface area contributed by atoms with Gasteiger partial charge in [0.1, 0.15) is 4.88 Å². The molecule has 0 aliphatic heterocycles.